The number of guanidine groups is 1. The standard InChI is InChI=1S/C17H23BrFN3O4/c1-16(2,3)25-14(23)21-13(22-15(24)26-17(4,5)6)20-10-7-8-12(19)11(18)9-10/h7-9H,1-6H3,(H2,20,21,22,23,24). The first-order valence-corrected chi connectivity index (χ1v) is 8.58. The van der Waals surface area contributed by atoms with Gasteiger partial charge in [-0.15, -0.1) is 0 Å². The number of rotatable bonds is 1. The van der Waals surface area contributed by atoms with E-state index in [0.717, 1.165) is 0 Å². The van der Waals surface area contributed by atoms with Crippen LogP contribution in [0.2, 0.25) is 0 Å². The molecule has 0 saturated heterocycles. The van der Waals surface area contributed by atoms with Crippen molar-refractivity contribution in [2.45, 2.75) is 52.7 Å². The smallest absolute Gasteiger partial charge is 0.414 e. The summed E-state index contributed by atoms with van der Waals surface area (Å²) >= 11 is 3.05. The third kappa shape index (κ3) is 8.80. The van der Waals surface area contributed by atoms with E-state index in [1.54, 1.807) is 41.5 Å². The van der Waals surface area contributed by atoms with E-state index < -0.39 is 29.2 Å². The summed E-state index contributed by atoms with van der Waals surface area (Å²) in [5.41, 5.74) is -1.18. The zero-order valence-corrected chi connectivity index (χ0v) is 17.2. The maximum atomic E-state index is 13.4. The van der Waals surface area contributed by atoms with Gasteiger partial charge in [0.05, 0.1) is 10.2 Å². The molecule has 0 aliphatic heterocycles. The van der Waals surface area contributed by atoms with Gasteiger partial charge in [-0.05, 0) is 75.7 Å². The van der Waals surface area contributed by atoms with Crippen LogP contribution in [0, 0.1) is 5.82 Å². The number of nitrogens with zero attached hydrogens (tertiary/aromatic N) is 1. The van der Waals surface area contributed by atoms with E-state index in [4.69, 9.17) is 9.47 Å². The average molecular weight is 432 g/mol. The summed E-state index contributed by atoms with van der Waals surface area (Å²) in [6.07, 6.45) is -1.62. The Hall–Kier alpha value is -2.16. The number of hydrogen-bond acceptors (Lipinski definition) is 5. The molecule has 0 unspecified atom stereocenters. The molecule has 26 heavy (non-hydrogen) atoms. The fraction of sp³-hybridized carbons (Fsp3) is 0.471. The quantitative estimate of drug-likeness (QED) is 0.501. The number of alkyl carbamates (subject to hydrolysis) is 2. The van der Waals surface area contributed by atoms with E-state index in [-0.39, 0.29) is 10.4 Å². The zero-order valence-electron chi connectivity index (χ0n) is 15.6. The number of aliphatic imine (C=N–C) groups is 1. The molecule has 0 atom stereocenters. The molecular weight excluding hydrogens is 409 g/mol. The predicted molar refractivity (Wildman–Crippen MR) is 99.9 cm³/mol. The predicted octanol–water partition coefficient (Wildman–Crippen LogP) is 4.63. The second kappa shape index (κ2) is 8.48. The van der Waals surface area contributed by atoms with Crippen LogP contribution in [0.5, 0.6) is 0 Å². The fourth-order valence-electron chi connectivity index (χ4n) is 1.57. The number of ether oxygens (including phenoxy) is 2. The molecule has 9 heteroatoms. The zero-order chi connectivity index (χ0) is 20.1. The first kappa shape index (κ1) is 21.9. The van der Waals surface area contributed by atoms with Gasteiger partial charge < -0.3 is 9.47 Å². The lowest BCUT2D eigenvalue weighted by Crippen LogP contribution is -2.47. The van der Waals surface area contributed by atoms with Crippen LogP contribution in [0.3, 0.4) is 0 Å². The number of carbonyl (C=O) groups excluding carboxylic acids is 2. The van der Waals surface area contributed by atoms with Crippen molar-refractivity contribution < 1.29 is 23.5 Å². The molecule has 0 aromatic heterocycles. The Balaban J connectivity index is 3.03. The van der Waals surface area contributed by atoms with Gasteiger partial charge in [-0.2, -0.15) is 0 Å². The molecule has 7 nitrogen and oxygen atoms in total. The Labute approximate surface area is 160 Å². The highest BCUT2D eigenvalue weighted by Crippen LogP contribution is 2.22. The SMILES string of the molecule is CC(C)(C)OC(=O)NC(=Nc1ccc(F)c(Br)c1)NC(=O)OC(C)(C)C. The highest BCUT2D eigenvalue weighted by Gasteiger charge is 2.21. The maximum absolute atomic E-state index is 13.4. The molecule has 0 radical (unpaired) electrons. The number of hydrogen-bond donors (Lipinski definition) is 2. The van der Waals surface area contributed by atoms with Crippen molar-refractivity contribution in [2.75, 3.05) is 0 Å². The molecule has 2 N–H and O–H groups in total. The van der Waals surface area contributed by atoms with Gasteiger partial charge in [0.2, 0.25) is 5.96 Å². The Morgan fingerprint density at radius 3 is 1.85 bits per heavy atom. The van der Waals surface area contributed by atoms with Crippen LogP contribution in [0.1, 0.15) is 41.5 Å². The van der Waals surface area contributed by atoms with Gasteiger partial charge in [-0.25, -0.2) is 19.0 Å². The maximum Gasteiger partial charge on any atom is 0.414 e. The molecular formula is C17H23BrFN3O4. The molecule has 0 heterocycles. The van der Waals surface area contributed by atoms with Gasteiger partial charge in [0.1, 0.15) is 17.0 Å². The summed E-state index contributed by atoms with van der Waals surface area (Å²) < 4.78 is 23.8. The van der Waals surface area contributed by atoms with Crippen LogP contribution in [0.15, 0.2) is 27.7 Å². The Morgan fingerprint density at radius 1 is 1.00 bits per heavy atom. The molecule has 144 valence electrons. The molecule has 2 amide bonds. The summed E-state index contributed by atoms with van der Waals surface area (Å²) in [5.74, 6) is -0.683. The van der Waals surface area contributed by atoms with E-state index in [1.807, 2.05) is 0 Å². The molecule has 1 rings (SSSR count). The van der Waals surface area contributed by atoms with E-state index in [2.05, 4.69) is 31.6 Å². The molecule has 0 aliphatic carbocycles. The van der Waals surface area contributed by atoms with Crippen LogP contribution < -0.4 is 10.6 Å². The molecule has 0 fully saturated rings. The Kier molecular flexibility index (Phi) is 7.14. The second-order valence-electron chi connectivity index (χ2n) is 7.31. The van der Waals surface area contributed by atoms with Crippen molar-refractivity contribution >= 4 is 39.8 Å². The van der Waals surface area contributed by atoms with Crippen molar-refractivity contribution in [3.05, 3.63) is 28.5 Å². The van der Waals surface area contributed by atoms with Gasteiger partial charge in [0.25, 0.3) is 0 Å². The largest absolute Gasteiger partial charge is 0.444 e. The third-order valence-electron chi connectivity index (χ3n) is 2.38. The summed E-state index contributed by atoms with van der Waals surface area (Å²) in [6.45, 7) is 10.2. The van der Waals surface area contributed by atoms with Crippen LogP contribution in [-0.2, 0) is 9.47 Å². The van der Waals surface area contributed by atoms with Crippen molar-refractivity contribution in [3.8, 4) is 0 Å². The van der Waals surface area contributed by atoms with Gasteiger partial charge in [-0.1, -0.05) is 0 Å². The number of halogens is 2. The van der Waals surface area contributed by atoms with Crippen molar-refractivity contribution in [3.63, 3.8) is 0 Å². The van der Waals surface area contributed by atoms with Crippen LogP contribution in [-0.4, -0.2) is 29.3 Å². The topological polar surface area (TPSA) is 89.0 Å². The first-order chi connectivity index (χ1) is 11.7. The Morgan fingerprint density at radius 2 is 1.46 bits per heavy atom. The van der Waals surface area contributed by atoms with Gasteiger partial charge in [0.15, 0.2) is 0 Å². The molecule has 0 saturated carbocycles. The highest BCUT2D eigenvalue weighted by atomic mass is 79.9. The minimum Gasteiger partial charge on any atom is -0.444 e. The van der Waals surface area contributed by atoms with Crippen molar-refractivity contribution in [1.29, 1.82) is 0 Å². The lowest BCUT2D eigenvalue weighted by molar-refractivity contribution is 0.0545. The van der Waals surface area contributed by atoms with Gasteiger partial charge in [0, 0.05) is 0 Å². The lowest BCUT2D eigenvalue weighted by atomic mass is 10.2. The van der Waals surface area contributed by atoms with Crippen molar-refractivity contribution in [1.82, 2.24) is 10.6 Å². The number of nitrogens with one attached hydrogen (secondary N) is 2. The number of amides is 2. The van der Waals surface area contributed by atoms with E-state index in [0.29, 0.717) is 5.69 Å². The summed E-state index contributed by atoms with van der Waals surface area (Å²) in [6, 6.07) is 3.97. The average Bonchev–Trinajstić information content (AvgIpc) is 2.38. The molecule has 0 bridgehead atoms. The van der Waals surface area contributed by atoms with E-state index in [9.17, 15) is 14.0 Å². The number of carbonyl (C=O) groups is 2. The second-order valence-corrected chi connectivity index (χ2v) is 8.17. The lowest BCUT2D eigenvalue weighted by Gasteiger charge is -2.22. The van der Waals surface area contributed by atoms with Crippen LogP contribution in [0.25, 0.3) is 0 Å². The van der Waals surface area contributed by atoms with Crippen LogP contribution in [0.4, 0.5) is 19.7 Å². The van der Waals surface area contributed by atoms with E-state index >= 15 is 0 Å². The summed E-state index contributed by atoms with van der Waals surface area (Å²) in [5, 5.41) is 4.68. The summed E-state index contributed by atoms with van der Waals surface area (Å²) in [7, 11) is 0. The number of benzene rings is 1. The summed E-state index contributed by atoms with van der Waals surface area (Å²) in [4.78, 5) is 28.0. The van der Waals surface area contributed by atoms with Gasteiger partial charge in [-0.3, -0.25) is 10.6 Å². The Bertz CT molecular complexity index is 677. The minimum atomic E-state index is -0.812. The van der Waals surface area contributed by atoms with E-state index in [1.165, 1.54) is 18.2 Å². The van der Waals surface area contributed by atoms with Crippen LogP contribution >= 0.6 is 15.9 Å². The third-order valence-corrected chi connectivity index (χ3v) is 2.99. The highest BCUT2D eigenvalue weighted by molar-refractivity contribution is 9.10. The monoisotopic (exact) mass is 431 g/mol. The molecule has 1 aromatic rings. The molecule has 0 aliphatic rings. The normalized spacial score (nSPS) is 11.4. The minimum absolute atomic E-state index is 0.188. The molecule has 0 spiro atoms. The first-order valence-electron chi connectivity index (χ1n) is 7.79. The molecule has 1 aromatic carbocycles. The van der Waals surface area contributed by atoms with Crippen molar-refractivity contribution in [2.24, 2.45) is 4.99 Å². The fourth-order valence-corrected chi connectivity index (χ4v) is 1.94. The van der Waals surface area contributed by atoms with Gasteiger partial charge >= 0.3 is 12.2 Å².